The van der Waals surface area contributed by atoms with Gasteiger partial charge in [-0.25, -0.2) is 4.79 Å². The summed E-state index contributed by atoms with van der Waals surface area (Å²) < 4.78 is 8.91. The second-order valence-corrected chi connectivity index (χ2v) is 5.51. The number of esters is 2. The minimum Gasteiger partial charge on any atom is -0.466 e. The second kappa shape index (κ2) is 18.5. The van der Waals surface area contributed by atoms with E-state index in [0.717, 1.165) is 12.8 Å². The molecule has 0 atom stereocenters. The van der Waals surface area contributed by atoms with Crippen LogP contribution in [0.15, 0.2) is 25.0 Å². The van der Waals surface area contributed by atoms with Gasteiger partial charge in [0.05, 0.1) is 13.4 Å². The van der Waals surface area contributed by atoms with Gasteiger partial charge in [0, 0.05) is 12.0 Å². The van der Waals surface area contributed by atoms with E-state index >= 15 is 0 Å². The lowest BCUT2D eigenvalue weighted by Crippen LogP contribution is -1.98. The molecule has 0 aliphatic carbocycles. The van der Waals surface area contributed by atoms with Gasteiger partial charge < -0.3 is 9.47 Å². The molecule has 0 radical (unpaired) electrons. The summed E-state index contributed by atoms with van der Waals surface area (Å²) in [7, 11) is 1.33. The molecule has 0 fully saturated rings. The lowest BCUT2D eigenvalue weighted by atomic mass is 10.1. The minimum atomic E-state index is -0.347. The molecule has 0 saturated carbocycles. The molecule has 23 heavy (non-hydrogen) atoms. The van der Waals surface area contributed by atoms with Crippen LogP contribution in [0.5, 0.6) is 0 Å². The first kappa shape index (κ1) is 23.7. The molecule has 4 nitrogen and oxygen atoms in total. The van der Waals surface area contributed by atoms with Crippen molar-refractivity contribution < 1.29 is 19.1 Å². The molecule has 0 aromatic rings. The van der Waals surface area contributed by atoms with Crippen LogP contribution >= 0.6 is 0 Å². The van der Waals surface area contributed by atoms with Crippen molar-refractivity contribution in [1.29, 1.82) is 0 Å². The minimum absolute atomic E-state index is 0.155. The van der Waals surface area contributed by atoms with E-state index in [1.165, 1.54) is 58.3 Å². The van der Waals surface area contributed by atoms with Crippen LogP contribution in [0.25, 0.3) is 0 Å². The van der Waals surface area contributed by atoms with Gasteiger partial charge in [0.2, 0.25) is 0 Å². The Kier molecular flexibility index (Phi) is 19.0. The molecule has 0 spiro atoms. The van der Waals surface area contributed by atoms with Gasteiger partial charge in [-0.05, 0) is 13.3 Å². The summed E-state index contributed by atoms with van der Waals surface area (Å²) >= 11 is 0. The van der Waals surface area contributed by atoms with Gasteiger partial charge >= 0.3 is 11.9 Å². The maximum Gasteiger partial charge on any atom is 0.332 e. The Bertz CT molecular complexity index is 334. The summed E-state index contributed by atoms with van der Waals surface area (Å²) in [5.74, 6) is -0.502. The van der Waals surface area contributed by atoms with Crippen LogP contribution in [0.4, 0.5) is 0 Å². The quantitative estimate of drug-likeness (QED) is 0.210. The molecule has 0 N–H and O–H groups in total. The highest BCUT2D eigenvalue weighted by molar-refractivity contribution is 5.86. The van der Waals surface area contributed by atoms with E-state index in [4.69, 9.17) is 0 Å². The van der Waals surface area contributed by atoms with E-state index in [2.05, 4.69) is 29.6 Å². The van der Waals surface area contributed by atoms with Crippen molar-refractivity contribution in [2.45, 2.75) is 78.1 Å². The first-order valence-electron chi connectivity index (χ1n) is 8.53. The summed E-state index contributed by atoms with van der Waals surface area (Å²) in [5, 5.41) is 0. The largest absolute Gasteiger partial charge is 0.466 e. The predicted molar refractivity (Wildman–Crippen MR) is 95.0 cm³/mol. The molecule has 0 aliphatic rings. The molecule has 0 bridgehead atoms. The van der Waals surface area contributed by atoms with Crippen LogP contribution in [0.1, 0.15) is 78.1 Å². The van der Waals surface area contributed by atoms with Crippen molar-refractivity contribution in [3.63, 3.8) is 0 Å². The molecule has 0 aromatic carbocycles. The number of rotatable bonds is 12. The molecular formula is C19H34O4. The zero-order valence-corrected chi connectivity index (χ0v) is 15.2. The molecule has 0 aliphatic heterocycles. The van der Waals surface area contributed by atoms with Crippen LogP contribution in [0.3, 0.4) is 0 Å². The molecular weight excluding hydrogens is 292 g/mol. The van der Waals surface area contributed by atoms with Crippen LogP contribution in [0.2, 0.25) is 0 Å². The summed E-state index contributed by atoms with van der Waals surface area (Å²) in [6.45, 7) is 10.5. The number of ether oxygens (including phenoxy) is 2. The third kappa shape index (κ3) is 20.4. The zero-order valence-electron chi connectivity index (χ0n) is 15.2. The SMILES string of the molecule is C=C(C)C(=O)OC.C=COC(=O)CCCCCCCCCCC. The van der Waals surface area contributed by atoms with Crippen LogP contribution < -0.4 is 0 Å². The van der Waals surface area contributed by atoms with Gasteiger partial charge in [-0.3, -0.25) is 4.79 Å². The summed E-state index contributed by atoms with van der Waals surface area (Å²) in [6, 6.07) is 0. The van der Waals surface area contributed by atoms with E-state index in [1.807, 2.05) is 0 Å². The molecule has 0 heterocycles. The third-order valence-corrected chi connectivity index (χ3v) is 3.23. The Labute approximate surface area is 141 Å². The van der Waals surface area contributed by atoms with E-state index in [1.54, 1.807) is 6.92 Å². The Morgan fingerprint density at radius 3 is 1.78 bits per heavy atom. The van der Waals surface area contributed by atoms with Crippen molar-refractivity contribution in [2.24, 2.45) is 0 Å². The van der Waals surface area contributed by atoms with Crippen molar-refractivity contribution in [3.8, 4) is 0 Å². The normalized spacial score (nSPS) is 9.35. The van der Waals surface area contributed by atoms with Gasteiger partial charge in [0.25, 0.3) is 0 Å². The first-order chi connectivity index (χ1) is 11.0. The summed E-state index contributed by atoms with van der Waals surface area (Å²) in [5.41, 5.74) is 0.433. The third-order valence-electron chi connectivity index (χ3n) is 3.23. The van der Waals surface area contributed by atoms with Crippen molar-refractivity contribution in [3.05, 3.63) is 25.0 Å². The molecule has 4 heteroatoms. The smallest absolute Gasteiger partial charge is 0.332 e. The average Bonchev–Trinajstić information content (AvgIpc) is 2.53. The summed E-state index contributed by atoms with van der Waals surface area (Å²) in [6.07, 6.45) is 13.1. The first-order valence-corrected chi connectivity index (χ1v) is 8.53. The lowest BCUT2D eigenvalue weighted by molar-refractivity contribution is -0.138. The molecule has 0 aromatic heterocycles. The highest BCUT2D eigenvalue weighted by Gasteiger charge is 1.99. The lowest BCUT2D eigenvalue weighted by Gasteiger charge is -2.01. The molecule has 0 rings (SSSR count). The molecule has 134 valence electrons. The highest BCUT2D eigenvalue weighted by atomic mass is 16.5. The summed E-state index contributed by atoms with van der Waals surface area (Å²) in [4.78, 5) is 21.1. The van der Waals surface area contributed by atoms with Crippen molar-refractivity contribution >= 4 is 11.9 Å². The fraction of sp³-hybridized carbons (Fsp3) is 0.684. The van der Waals surface area contributed by atoms with Crippen LogP contribution in [-0.2, 0) is 19.1 Å². The monoisotopic (exact) mass is 326 g/mol. The molecule has 0 saturated heterocycles. The van der Waals surface area contributed by atoms with E-state index < -0.39 is 0 Å². The number of hydrogen-bond acceptors (Lipinski definition) is 4. The van der Waals surface area contributed by atoms with E-state index in [0.29, 0.717) is 12.0 Å². The average molecular weight is 326 g/mol. The fourth-order valence-corrected chi connectivity index (χ4v) is 1.91. The standard InChI is InChI=1S/C14H26O2.C5H8O2/c1-3-5-6-7-8-9-10-11-12-13-14(15)16-4-2;1-4(2)5(6)7-3/h4H,2-3,5-13H2,1H3;1H2,2-3H3. The second-order valence-electron chi connectivity index (χ2n) is 5.51. The van der Waals surface area contributed by atoms with Crippen LogP contribution in [0, 0.1) is 0 Å². The molecule has 0 amide bonds. The Morgan fingerprint density at radius 2 is 1.43 bits per heavy atom. The van der Waals surface area contributed by atoms with Gasteiger partial charge in [-0.15, -0.1) is 0 Å². The zero-order chi connectivity index (χ0) is 17.9. The molecule has 0 unspecified atom stereocenters. The predicted octanol–water partition coefficient (Wildman–Crippen LogP) is 5.33. The maximum atomic E-state index is 11.0. The Hall–Kier alpha value is -1.58. The van der Waals surface area contributed by atoms with Crippen molar-refractivity contribution in [1.82, 2.24) is 0 Å². The van der Waals surface area contributed by atoms with Gasteiger partial charge in [0.15, 0.2) is 0 Å². The fourth-order valence-electron chi connectivity index (χ4n) is 1.91. The Balaban J connectivity index is 0. The number of unbranched alkanes of at least 4 members (excludes halogenated alkanes) is 8. The van der Waals surface area contributed by atoms with Gasteiger partial charge in [0.1, 0.15) is 0 Å². The van der Waals surface area contributed by atoms with E-state index in [9.17, 15) is 9.59 Å². The van der Waals surface area contributed by atoms with Crippen LogP contribution in [-0.4, -0.2) is 19.0 Å². The van der Waals surface area contributed by atoms with Gasteiger partial charge in [-0.2, -0.15) is 0 Å². The maximum absolute atomic E-state index is 11.0. The topological polar surface area (TPSA) is 52.6 Å². The van der Waals surface area contributed by atoms with Crippen molar-refractivity contribution in [2.75, 3.05) is 7.11 Å². The highest BCUT2D eigenvalue weighted by Crippen LogP contribution is 2.10. The Morgan fingerprint density at radius 1 is 0.957 bits per heavy atom. The number of hydrogen-bond donors (Lipinski definition) is 0. The van der Waals surface area contributed by atoms with E-state index in [-0.39, 0.29) is 11.9 Å². The number of methoxy groups -OCH3 is 1. The number of carbonyl (C=O) groups is 2. The number of carbonyl (C=O) groups excluding carboxylic acids is 2. The van der Waals surface area contributed by atoms with Gasteiger partial charge in [-0.1, -0.05) is 71.4 Å².